The van der Waals surface area contributed by atoms with E-state index in [0.29, 0.717) is 5.82 Å². The molecule has 1 saturated carbocycles. The standard InChI is InChI=1S/C15H21BrN2O/c1-11(16)15(19)18-14-8-7-13(10-17-14)9-12-5-3-2-4-6-12/h7-8,10-12H,2-6,9H2,1H3,(H,17,18,19). The van der Waals surface area contributed by atoms with Crippen LogP contribution in [-0.2, 0) is 11.2 Å². The highest BCUT2D eigenvalue weighted by molar-refractivity contribution is 9.10. The minimum Gasteiger partial charge on any atom is -0.310 e. The number of aromatic nitrogens is 1. The van der Waals surface area contributed by atoms with Gasteiger partial charge in [0.05, 0.1) is 4.83 Å². The minimum atomic E-state index is -0.198. The Morgan fingerprint density at radius 3 is 2.74 bits per heavy atom. The number of anilines is 1. The van der Waals surface area contributed by atoms with Gasteiger partial charge in [-0.15, -0.1) is 0 Å². The average molecular weight is 325 g/mol. The zero-order chi connectivity index (χ0) is 13.7. The molecular formula is C15H21BrN2O. The smallest absolute Gasteiger partial charge is 0.239 e. The molecule has 1 atom stereocenters. The van der Waals surface area contributed by atoms with Crippen molar-refractivity contribution in [1.82, 2.24) is 4.98 Å². The van der Waals surface area contributed by atoms with E-state index in [2.05, 4.69) is 32.3 Å². The average Bonchev–Trinajstić information content (AvgIpc) is 2.42. The first-order valence-electron chi connectivity index (χ1n) is 7.05. The predicted molar refractivity (Wildman–Crippen MR) is 81.5 cm³/mol. The number of rotatable bonds is 4. The number of hydrogen-bond acceptors (Lipinski definition) is 2. The molecule has 104 valence electrons. The summed E-state index contributed by atoms with van der Waals surface area (Å²) in [6, 6.07) is 3.97. The number of hydrogen-bond donors (Lipinski definition) is 1. The summed E-state index contributed by atoms with van der Waals surface area (Å²) in [6.45, 7) is 1.80. The van der Waals surface area contributed by atoms with Gasteiger partial charge in [-0.3, -0.25) is 4.79 Å². The van der Waals surface area contributed by atoms with Gasteiger partial charge in [0.2, 0.25) is 5.91 Å². The number of alkyl halides is 1. The first kappa shape index (κ1) is 14.5. The summed E-state index contributed by atoms with van der Waals surface area (Å²) in [5.41, 5.74) is 1.27. The number of nitrogens with one attached hydrogen (secondary N) is 1. The third-order valence-electron chi connectivity index (χ3n) is 3.69. The van der Waals surface area contributed by atoms with E-state index in [1.165, 1.54) is 37.7 Å². The maximum Gasteiger partial charge on any atom is 0.239 e. The van der Waals surface area contributed by atoms with Crippen LogP contribution >= 0.6 is 15.9 Å². The predicted octanol–water partition coefficient (Wildman–Crippen LogP) is 3.93. The normalized spacial score (nSPS) is 18.0. The van der Waals surface area contributed by atoms with Gasteiger partial charge in [0.1, 0.15) is 5.82 Å². The van der Waals surface area contributed by atoms with Crippen LogP contribution in [0.5, 0.6) is 0 Å². The van der Waals surface area contributed by atoms with Crippen molar-refractivity contribution in [2.75, 3.05) is 5.32 Å². The Bertz CT molecular complexity index is 411. The number of amides is 1. The molecular weight excluding hydrogens is 304 g/mol. The molecule has 3 nitrogen and oxygen atoms in total. The molecule has 1 aliphatic carbocycles. The lowest BCUT2D eigenvalue weighted by atomic mass is 9.85. The molecule has 1 N–H and O–H groups in total. The van der Waals surface area contributed by atoms with E-state index in [0.717, 1.165) is 12.3 Å². The lowest BCUT2D eigenvalue weighted by molar-refractivity contribution is -0.115. The fourth-order valence-corrected chi connectivity index (χ4v) is 2.68. The van der Waals surface area contributed by atoms with Crippen molar-refractivity contribution in [3.8, 4) is 0 Å². The molecule has 1 amide bonds. The molecule has 1 heterocycles. The molecule has 4 heteroatoms. The molecule has 0 aliphatic heterocycles. The lowest BCUT2D eigenvalue weighted by Crippen LogP contribution is -2.20. The van der Waals surface area contributed by atoms with E-state index in [1.54, 1.807) is 6.92 Å². The zero-order valence-electron chi connectivity index (χ0n) is 11.4. The van der Waals surface area contributed by atoms with Gasteiger partial charge in [-0.1, -0.05) is 54.1 Å². The Hall–Kier alpha value is -0.900. The fourth-order valence-electron chi connectivity index (χ4n) is 2.57. The Balaban J connectivity index is 1.88. The quantitative estimate of drug-likeness (QED) is 0.853. The van der Waals surface area contributed by atoms with E-state index in [-0.39, 0.29) is 10.7 Å². The summed E-state index contributed by atoms with van der Waals surface area (Å²) in [5.74, 6) is 1.38. The van der Waals surface area contributed by atoms with Crippen molar-refractivity contribution in [3.63, 3.8) is 0 Å². The number of carbonyl (C=O) groups is 1. The topological polar surface area (TPSA) is 42.0 Å². The van der Waals surface area contributed by atoms with Crippen LogP contribution < -0.4 is 5.32 Å². The molecule has 1 fully saturated rings. The third-order valence-corrected chi connectivity index (χ3v) is 4.10. The van der Waals surface area contributed by atoms with Crippen molar-refractivity contribution in [1.29, 1.82) is 0 Å². The zero-order valence-corrected chi connectivity index (χ0v) is 12.9. The van der Waals surface area contributed by atoms with Crippen LogP contribution in [0.4, 0.5) is 5.82 Å². The second kappa shape index (κ2) is 7.04. The number of halogens is 1. The van der Waals surface area contributed by atoms with Crippen molar-refractivity contribution >= 4 is 27.7 Å². The van der Waals surface area contributed by atoms with Gasteiger partial charge in [0, 0.05) is 6.20 Å². The first-order valence-corrected chi connectivity index (χ1v) is 7.96. The monoisotopic (exact) mass is 324 g/mol. The van der Waals surface area contributed by atoms with E-state index in [1.807, 2.05) is 12.3 Å². The Kier molecular flexibility index (Phi) is 5.37. The Morgan fingerprint density at radius 2 is 2.16 bits per heavy atom. The number of nitrogens with zero attached hydrogens (tertiary/aromatic N) is 1. The van der Waals surface area contributed by atoms with Crippen LogP contribution in [-0.4, -0.2) is 15.7 Å². The largest absolute Gasteiger partial charge is 0.310 e. The van der Waals surface area contributed by atoms with Crippen LogP contribution in [0.25, 0.3) is 0 Å². The molecule has 0 spiro atoms. The molecule has 1 aromatic heterocycles. The number of pyridine rings is 1. The summed E-state index contributed by atoms with van der Waals surface area (Å²) in [4.78, 5) is 15.6. The Labute approximate surface area is 123 Å². The van der Waals surface area contributed by atoms with E-state index in [9.17, 15) is 4.79 Å². The van der Waals surface area contributed by atoms with Crippen LogP contribution in [0.2, 0.25) is 0 Å². The molecule has 0 radical (unpaired) electrons. The molecule has 19 heavy (non-hydrogen) atoms. The highest BCUT2D eigenvalue weighted by atomic mass is 79.9. The van der Waals surface area contributed by atoms with Gasteiger partial charge < -0.3 is 5.32 Å². The van der Waals surface area contributed by atoms with Gasteiger partial charge in [-0.2, -0.15) is 0 Å². The first-order chi connectivity index (χ1) is 9.15. The van der Waals surface area contributed by atoms with Crippen molar-refractivity contribution in [2.45, 2.75) is 50.3 Å². The number of carbonyl (C=O) groups excluding carboxylic acids is 1. The second-order valence-electron chi connectivity index (χ2n) is 5.37. The van der Waals surface area contributed by atoms with E-state index >= 15 is 0 Å². The van der Waals surface area contributed by atoms with E-state index < -0.39 is 0 Å². The minimum absolute atomic E-state index is 0.0625. The summed E-state index contributed by atoms with van der Waals surface area (Å²) in [5, 5.41) is 2.78. The SMILES string of the molecule is CC(Br)C(=O)Nc1ccc(CC2CCCCC2)cn1. The van der Waals surface area contributed by atoms with Crippen molar-refractivity contribution < 1.29 is 4.79 Å². The van der Waals surface area contributed by atoms with Gasteiger partial charge in [-0.05, 0) is 30.9 Å². The highest BCUT2D eigenvalue weighted by Gasteiger charge is 2.14. The van der Waals surface area contributed by atoms with Gasteiger partial charge in [-0.25, -0.2) is 4.98 Å². The van der Waals surface area contributed by atoms with Gasteiger partial charge >= 0.3 is 0 Å². The summed E-state index contributed by atoms with van der Waals surface area (Å²) < 4.78 is 0. The summed E-state index contributed by atoms with van der Waals surface area (Å²) >= 11 is 3.24. The third kappa shape index (κ3) is 4.60. The van der Waals surface area contributed by atoms with Crippen LogP contribution in [0.3, 0.4) is 0 Å². The molecule has 0 bridgehead atoms. The van der Waals surface area contributed by atoms with Gasteiger partial charge in [0.25, 0.3) is 0 Å². The molecule has 0 saturated heterocycles. The molecule has 1 aromatic rings. The molecule has 1 aliphatic rings. The molecule has 2 rings (SSSR count). The summed E-state index contributed by atoms with van der Waals surface area (Å²) in [7, 11) is 0. The maximum absolute atomic E-state index is 11.5. The van der Waals surface area contributed by atoms with Crippen LogP contribution in [0.1, 0.15) is 44.6 Å². The van der Waals surface area contributed by atoms with E-state index in [4.69, 9.17) is 0 Å². The van der Waals surface area contributed by atoms with Crippen molar-refractivity contribution in [2.24, 2.45) is 5.92 Å². The van der Waals surface area contributed by atoms with Gasteiger partial charge in [0.15, 0.2) is 0 Å². The van der Waals surface area contributed by atoms with Crippen molar-refractivity contribution in [3.05, 3.63) is 23.9 Å². The van der Waals surface area contributed by atoms with Crippen LogP contribution in [0, 0.1) is 5.92 Å². The maximum atomic E-state index is 11.5. The van der Waals surface area contributed by atoms with Crippen LogP contribution in [0.15, 0.2) is 18.3 Å². The summed E-state index contributed by atoms with van der Waals surface area (Å²) in [6.07, 6.45) is 9.84. The fraction of sp³-hybridized carbons (Fsp3) is 0.600. The highest BCUT2D eigenvalue weighted by Crippen LogP contribution is 2.26. The Morgan fingerprint density at radius 1 is 1.42 bits per heavy atom. The lowest BCUT2D eigenvalue weighted by Gasteiger charge is -2.21. The molecule has 0 aromatic carbocycles. The molecule has 1 unspecified atom stereocenters. The second-order valence-corrected chi connectivity index (χ2v) is 6.74.